The Morgan fingerprint density at radius 3 is 2.54 bits per heavy atom. The second kappa shape index (κ2) is 8.44. The van der Waals surface area contributed by atoms with Crippen LogP contribution in [-0.2, 0) is 0 Å². The Morgan fingerprint density at radius 2 is 1.93 bits per heavy atom. The highest BCUT2D eigenvalue weighted by molar-refractivity contribution is 6.05. The number of guanidine groups is 1. The third kappa shape index (κ3) is 5.20. The van der Waals surface area contributed by atoms with E-state index in [1.54, 1.807) is 6.92 Å². The first-order valence-electron chi connectivity index (χ1n) is 9.22. The summed E-state index contributed by atoms with van der Waals surface area (Å²) < 4.78 is 52.2. The molecule has 0 radical (unpaired) electrons. The molecule has 6 nitrogen and oxygen atoms in total. The lowest BCUT2D eigenvalue weighted by Gasteiger charge is -2.18. The van der Waals surface area contributed by atoms with Gasteiger partial charge < -0.3 is 5.32 Å². The molecule has 3 rings (SSSR count). The predicted octanol–water partition coefficient (Wildman–Crippen LogP) is 2.51. The second-order valence-corrected chi connectivity index (χ2v) is 7.16. The van der Waals surface area contributed by atoms with Gasteiger partial charge in [0.25, 0.3) is 5.91 Å². The molecule has 1 saturated heterocycles. The van der Waals surface area contributed by atoms with Crippen molar-refractivity contribution in [3.8, 4) is 0 Å². The van der Waals surface area contributed by atoms with E-state index in [9.17, 15) is 22.4 Å². The van der Waals surface area contributed by atoms with Gasteiger partial charge >= 0.3 is 6.18 Å². The Hall–Kier alpha value is -2.20. The van der Waals surface area contributed by atoms with Crippen LogP contribution in [0, 0.1) is 12.7 Å². The molecule has 1 heterocycles. The second-order valence-electron chi connectivity index (χ2n) is 7.16. The van der Waals surface area contributed by atoms with Crippen LogP contribution >= 0.6 is 0 Å². The molecule has 4 N–H and O–H groups in total. The summed E-state index contributed by atoms with van der Waals surface area (Å²) in [5.41, 5.74) is 5.18. The third-order valence-electron chi connectivity index (χ3n) is 4.93. The predicted molar refractivity (Wildman–Crippen MR) is 95.9 cm³/mol. The van der Waals surface area contributed by atoms with E-state index in [4.69, 9.17) is 0 Å². The number of hydrazine groups is 1. The lowest BCUT2D eigenvalue weighted by molar-refractivity contribution is -0.152. The van der Waals surface area contributed by atoms with E-state index in [-0.39, 0.29) is 24.0 Å². The summed E-state index contributed by atoms with van der Waals surface area (Å²) in [4.78, 5) is 16.7. The number of amides is 1. The van der Waals surface area contributed by atoms with Crippen LogP contribution < -0.4 is 21.5 Å². The topological polar surface area (TPSA) is 77.5 Å². The number of aliphatic imine (C=N–C) groups is 1. The fourth-order valence-corrected chi connectivity index (χ4v) is 3.28. The first-order chi connectivity index (χ1) is 13.2. The molecule has 1 aliphatic carbocycles. The SMILES string of the molecule is Cc1ccc(C(=O)NC(=NC2CC(C(F)(F)F)NN2)NC2CCCC2)cc1F. The van der Waals surface area contributed by atoms with Gasteiger partial charge in [0.15, 0.2) is 5.96 Å². The minimum Gasteiger partial charge on any atom is -0.353 e. The molecule has 0 aromatic heterocycles. The first kappa shape index (κ1) is 20.5. The number of aryl methyl sites for hydroxylation is 1. The Bertz CT molecular complexity index is 746. The minimum atomic E-state index is -4.39. The largest absolute Gasteiger partial charge is 0.405 e. The average molecular weight is 401 g/mol. The van der Waals surface area contributed by atoms with Gasteiger partial charge in [-0.3, -0.25) is 10.1 Å². The smallest absolute Gasteiger partial charge is 0.353 e. The van der Waals surface area contributed by atoms with Crippen LogP contribution in [0.5, 0.6) is 0 Å². The van der Waals surface area contributed by atoms with E-state index in [0.29, 0.717) is 5.56 Å². The maximum absolute atomic E-state index is 13.7. The van der Waals surface area contributed by atoms with Crippen molar-refractivity contribution < 1.29 is 22.4 Å². The highest BCUT2D eigenvalue weighted by Crippen LogP contribution is 2.26. The molecule has 2 unspecified atom stereocenters. The van der Waals surface area contributed by atoms with Gasteiger partial charge in [-0.1, -0.05) is 18.9 Å². The lowest BCUT2D eigenvalue weighted by atomic mass is 10.1. The van der Waals surface area contributed by atoms with Crippen LogP contribution in [0.4, 0.5) is 17.6 Å². The molecule has 2 atom stereocenters. The monoisotopic (exact) mass is 401 g/mol. The normalized spacial score (nSPS) is 23.8. The van der Waals surface area contributed by atoms with E-state index in [1.807, 2.05) is 0 Å². The van der Waals surface area contributed by atoms with E-state index in [2.05, 4.69) is 26.5 Å². The zero-order valence-electron chi connectivity index (χ0n) is 15.4. The maximum Gasteiger partial charge on any atom is 0.405 e. The van der Waals surface area contributed by atoms with E-state index in [0.717, 1.165) is 31.7 Å². The minimum absolute atomic E-state index is 0.0833. The highest BCUT2D eigenvalue weighted by atomic mass is 19.4. The highest BCUT2D eigenvalue weighted by Gasteiger charge is 2.44. The van der Waals surface area contributed by atoms with Crippen molar-refractivity contribution in [1.29, 1.82) is 0 Å². The summed E-state index contributed by atoms with van der Waals surface area (Å²) in [5, 5.41) is 5.67. The summed E-state index contributed by atoms with van der Waals surface area (Å²) in [5.74, 6) is -1.01. The van der Waals surface area contributed by atoms with Gasteiger partial charge in [-0.15, -0.1) is 0 Å². The molecule has 2 fully saturated rings. The molecule has 1 aliphatic heterocycles. The summed E-state index contributed by atoms with van der Waals surface area (Å²) in [6.45, 7) is 1.58. The number of nitrogens with one attached hydrogen (secondary N) is 4. The van der Waals surface area contributed by atoms with Crippen LogP contribution in [-0.4, -0.2) is 36.3 Å². The number of carbonyl (C=O) groups excluding carboxylic acids is 1. The Balaban J connectivity index is 1.73. The molecule has 1 saturated carbocycles. The number of benzene rings is 1. The van der Waals surface area contributed by atoms with E-state index in [1.165, 1.54) is 12.1 Å². The van der Waals surface area contributed by atoms with Gasteiger partial charge in [-0.05, 0) is 37.5 Å². The molecule has 0 spiro atoms. The molecule has 28 heavy (non-hydrogen) atoms. The molecule has 1 aromatic carbocycles. The molecular formula is C18H23F4N5O. The van der Waals surface area contributed by atoms with Crippen LogP contribution in [0.1, 0.15) is 48.0 Å². The van der Waals surface area contributed by atoms with Crippen LogP contribution in [0.15, 0.2) is 23.2 Å². The number of hydrogen-bond acceptors (Lipinski definition) is 4. The van der Waals surface area contributed by atoms with Crippen LogP contribution in [0.25, 0.3) is 0 Å². The summed E-state index contributed by atoms with van der Waals surface area (Å²) >= 11 is 0. The van der Waals surface area contributed by atoms with Gasteiger partial charge in [0.2, 0.25) is 0 Å². The van der Waals surface area contributed by atoms with Gasteiger partial charge in [0.1, 0.15) is 18.0 Å². The summed E-state index contributed by atoms with van der Waals surface area (Å²) in [7, 11) is 0. The molecule has 1 aromatic rings. The Kier molecular flexibility index (Phi) is 6.19. The van der Waals surface area contributed by atoms with Gasteiger partial charge in [-0.2, -0.15) is 13.2 Å². The first-order valence-corrected chi connectivity index (χ1v) is 9.22. The number of nitrogens with zero attached hydrogens (tertiary/aromatic N) is 1. The van der Waals surface area contributed by atoms with Crippen molar-refractivity contribution in [2.75, 3.05) is 0 Å². The van der Waals surface area contributed by atoms with Crippen molar-refractivity contribution in [3.05, 3.63) is 35.1 Å². The van der Waals surface area contributed by atoms with Gasteiger partial charge in [0, 0.05) is 18.0 Å². The number of hydrogen-bond donors (Lipinski definition) is 4. The standard InChI is InChI=1S/C18H23F4N5O/c1-10-6-7-11(8-13(10)19)16(28)25-17(23-12-4-2-3-5-12)24-15-9-14(26-27-15)18(20,21)22/h6-8,12,14-15,26-27H,2-5,9H2,1H3,(H2,23,24,25,28). The van der Waals surface area contributed by atoms with Gasteiger partial charge in [-0.25, -0.2) is 20.2 Å². The fraction of sp³-hybridized carbons (Fsp3) is 0.556. The van der Waals surface area contributed by atoms with Crippen molar-refractivity contribution in [2.24, 2.45) is 4.99 Å². The molecule has 10 heteroatoms. The van der Waals surface area contributed by atoms with Crippen LogP contribution in [0.2, 0.25) is 0 Å². The van der Waals surface area contributed by atoms with E-state index < -0.39 is 30.1 Å². The fourth-order valence-electron chi connectivity index (χ4n) is 3.28. The number of rotatable bonds is 3. The van der Waals surface area contributed by atoms with Crippen molar-refractivity contribution in [1.82, 2.24) is 21.5 Å². The molecular weight excluding hydrogens is 378 g/mol. The van der Waals surface area contributed by atoms with Crippen molar-refractivity contribution in [2.45, 2.75) is 63.5 Å². The van der Waals surface area contributed by atoms with Crippen molar-refractivity contribution in [3.63, 3.8) is 0 Å². The summed E-state index contributed by atoms with van der Waals surface area (Å²) in [6.07, 6.45) is -1.72. The Labute approximate surface area is 160 Å². The van der Waals surface area contributed by atoms with E-state index >= 15 is 0 Å². The zero-order chi connectivity index (χ0) is 20.3. The van der Waals surface area contributed by atoms with Gasteiger partial charge in [0.05, 0.1) is 0 Å². The number of carbonyl (C=O) groups is 1. The average Bonchev–Trinajstić information content (AvgIpc) is 3.28. The zero-order valence-corrected chi connectivity index (χ0v) is 15.4. The van der Waals surface area contributed by atoms with Crippen molar-refractivity contribution >= 4 is 11.9 Å². The van der Waals surface area contributed by atoms with Crippen LogP contribution in [0.3, 0.4) is 0 Å². The maximum atomic E-state index is 13.7. The summed E-state index contributed by atoms with van der Waals surface area (Å²) in [6, 6.07) is 2.46. The third-order valence-corrected chi connectivity index (χ3v) is 4.93. The molecule has 154 valence electrons. The quantitative estimate of drug-likeness (QED) is 0.357. The molecule has 1 amide bonds. The Morgan fingerprint density at radius 1 is 1.21 bits per heavy atom. The number of alkyl halides is 3. The molecule has 0 bridgehead atoms. The number of halogens is 4. The lowest BCUT2D eigenvalue weighted by Crippen LogP contribution is -2.46. The molecule has 2 aliphatic rings.